The molecule has 1 saturated heterocycles. The molecule has 0 spiro atoms. The third-order valence-electron chi connectivity index (χ3n) is 6.24. The maximum absolute atomic E-state index is 13.0. The third kappa shape index (κ3) is 5.25. The molecule has 2 aromatic heterocycles. The number of carbonyl (C=O) groups excluding carboxylic acids is 2. The number of aromatic amines is 1. The van der Waals surface area contributed by atoms with Gasteiger partial charge in [0.05, 0.1) is 17.4 Å². The number of carbonyl (C=O) groups is 2. The Balaban J connectivity index is 1.26. The third-order valence-corrected chi connectivity index (χ3v) is 6.24. The second-order valence-electron chi connectivity index (χ2n) is 10.1. The van der Waals surface area contributed by atoms with E-state index in [0.717, 1.165) is 16.6 Å². The Morgan fingerprint density at radius 1 is 0.946 bits per heavy atom. The van der Waals surface area contributed by atoms with E-state index in [4.69, 9.17) is 4.74 Å². The molecule has 3 heterocycles. The standard InChI is InChI=1S/C28H29N5O4/c1-28(2,3)37-27(36)32-14-12-31(13-15-32)26(35)19-8-10-22(11-9-19)33-18-21(17-29-33)23-16-20-6-4-5-7-24(20)30-25(23)34/h4-11,16-18H,12-15H2,1-3H3,(H,30,34). The lowest BCUT2D eigenvalue weighted by molar-refractivity contribution is 0.0141. The second kappa shape index (κ2) is 9.57. The van der Waals surface area contributed by atoms with E-state index in [1.54, 1.807) is 39.0 Å². The number of aromatic nitrogens is 3. The van der Waals surface area contributed by atoms with Crippen LogP contribution in [0.4, 0.5) is 4.79 Å². The highest BCUT2D eigenvalue weighted by atomic mass is 16.6. The summed E-state index contributed by atoms with van der Waals surface area (Å²) in [6, 6.07) is 16.7. The van der Waals surface area contributed by atoms with Crippen molar-refractivity contribution in [3.8, 4) is 16.8 Å². The van der Waals surface area contributed by atoms with Crippen LogP contribution in [0, 0.1) is 0 Å². The Morgan fingerprint density at radius 2 is 1.62 bits per heavy atom. The lowest BCUT2D eigenvalue weighted by Crippen LogP contribution is -2.51. The van der Waals surface area contributed by atoms with Crippen molar-refractivity contribution in [1.82, 2.24) is 24.6 Å². The monoisotopic (exact) mass is 499 g/mol. The van der Waals surface area contributed by atoms with Crippen LogP contribution in [0.3, 0.4) is 0 Å². The molecule has 9 heteroatoms. The molecule has 4 aromatic rings. The number of benzene rings is 2. The van der Waals surface area contributed by atoms with E-state index in [-0.39, 0.29) is 17.6 Å². The minimum Gasteiger partial charge on any atom is -0.444 e. The minimum atomic E-state index is -0.549. The largest absolute Gasteiger partial charge is 0.444 e. The molecule has 1 fully saturated rings. The average Bonchev–Trinajstić information content (AvgIpc) is 3.37. The molecule has 0 bridgehead atoms. The summed E-state index contributed by atoms with van der Waals surface area (Å²) in [7, 11) is 0. The molecule has 0 aliphatic carbocycles. The smallest absolute Gasteiger partial charge is 0.410 e. The SMILES string of the molecule is CC(C)(C)OC(=O)N1CCN(C(=O)c2ccc(-n3cc(-c4cc5ccccc5[nH]c4=O)cn3)cc2)CC1. The number of pyridine rings is 1. The van der Waals surface area contributed by atoms with Crippen LogP contribution in [0.5, 0.6) is 0 Å². The zero-order valence-electron chi connectivity index (χ0n) is 21.1. The van der Waals surface area contributed by atoms with Crippen LogP contribution in [0.2, 0.25) is 0 Å². The van der Waals surface area contributed by atoms with Crippen molar-refractivity contribution >= 4 is 22.9 Å². The van der Waals surface area contributed by atoms with E-state index in [1.165, 1.54) is 0 Å². The highest BCUT2D eigenvalue weighted by Crippen LogP contribution is 2.21. The van der Waals surface area contributed by atoms with Crippen molar-refractivity contribution in [1.29, 1.82) is 0 Å². The van der Waals surface area contributed by atoms with Crippen LogP contribution >= 0.6 is 0 Å². The van der Waals surface area contributed by atoms with E-state index >= 15 is 0 Å². The molecule has 0 atom stereocenters. The van der Waals surface area contributed by atoms with E-state index in [9.17, 15) is 14.4 Å². The number of nitrogens with zero attached hydrogens (tertiary/aromatic N) is 4. The van der Waals surface area contributed by atoms with Gasteiger partial charge in [0.15, 0.2) is 0 Å². The molecule has 1 N–H and O–H groups in total. The van der Waals surface area contributed by atoms with Crippen LogP contribution in [0.15, 0.2) is 71.8 Å². The van der Waals surface area contributed by atoms with Crippen molar-refractivity contribution < 1.29 is 14.3 Å². The number of para-hydroxylation sites is 1. The lowest BCUT2D eigenvalue weighted by atomic mass is 10.1. The van der Waals surface area contributed by atoms with E-state index in [0.29, 0.717) is 42.9 Å². The molecular weight excluding hydrogens is 470 g/mol. The van der Waals surface area contributed by atoms with Crippen LogP contribution in [-0.2, 0) is 4.74 Å². The van der Waals surface area contributed by atoms with Gasteiger partial charge in [-0.1, -0.05) is 18.2 Å². The quantitative estimate of drug-likeness (QED) is 0.458. The average molecular weight is 500 g/mol. The number of amides is 2. The van der Waals surface area contributed by atoms with Crippen molar-refractivity contribution in [3.63, 3.8) is 0 Å². The van der Waals surface area contributed by atoms with Gasteiger partial charge in [-0.15, -0.1) is 0 Å². The van der Waals surface area contributed by atoms with Crippen LogP contribution in [0.25, 0.3) is 27.7 Å². The van der Waals surface area contributed by atoms with Crippen molar-refractivity contribution in [2.45, 2.75) is 26.4 Å². The summed E-state index contributed by atoms with van der Waals surface area (Å²) in [6.45, 7) is 7.27. The Kier molecular flexibility index (Phi) is 6.29. The molecule has 0 radical (unpaired) electrons. The highest BCUT2D eigenvalue weighted by molar-refractivity contribution is 5.94. The Hall–Kier alpha value is -4.40. The number of fused-ring (bicyclic) bond motifs is 1. The summed E-state index contributed by atoms with van der Waals surface area (Å²) < 4.78 is 7.10. The maximum atomic E-state index is 13.0. The van der Waals surface area contributed by atoms with Gasteiger partial charge in [-0.25, -0.2) is 9.48 Å². The van der Waals surface area contributed by atoms with Gasteiger partial charge in [-0.3, -0.25) is 9.59 Å². The van der Waals surface area contributed by atoms with E-state index in [2.05, 4.69) is 10.1 Å². The van der Waals surface area contributed by atoms with Gasteiger partial charge in [-0.2, -0.15) is 5.10 Å². The first kappa shape index (κ1) is 24.3. The predicted octanol–water partition coefficient (Wildman–Crippen LogP) is 4.07. The summed E-state index contributed by atoms with van der Waals surface area (Å²) in [6.07, 6.45) is 3.10. The molecule has 190 valence electrons. The molecule has 2 aromatic carbocycles. The van der Waals surface area contributed by atoms with Gasteiger partial charge < -0.3 is 19.5 Å². The fraction of sp³-hybridized carbons (Fsp3) is 0.286. The van der Waals surface area contributed by atoms with Crippen LogP contribution < -0.4 is 5.56 Å². The number of piperazine rings is 1. The van der Waals surface area contributed by atoms with Gasteiger partial charge in [0.25, 0.3) is 11.5 Å². The summed E-state index contributed by atoms with van der Waals surface area (Å²) in [4.78, 5) is 44.2. The fourth-order valence-electron chi connectivity index (χ4n) is 4.32. The van der Waals surface area contributed by atoms with E-state index < -0.39 is 5.60 Å². The number of rotatable bonds is 3. The van der Waals surface area contributed by atoms with Crippen LogP contribution in [0.1, 0.15) is 31.1 Å². The van der Waals surface area contributed by atoms with E-state index in [1.807, 2.05) is 63.2 Å². The first-order valence-corrected chi connectivity index (χ1v) is 12.2. The summed E-state index contributed by atoms with van der Waals surface area (Å²) >= 11 is 0. The Bertz CT molecular complexity index is 1510. The van der Waals surface area contributed by atoms with Crippen LogP contribution in [-0.4, -0.2) is 68.3 Å². The molecule has 0 unspecified atom stereocenters. The first-order chi connectivity index (χ1) is 17.7. The number of hydrogen-bond donors (Lipinski definition) is 1. The zero-order chi connectivity index (χ0) is 26.2. The number of hydrogen-bond acceptors (Lipinski definition) is 5. The maximum Gasteiger partial charge on any atom is 0.410 e. The number of H-pyrrole nitrogens is 1. The Morgan fingerprint density at radius 3 is 2.32 bits per heavy atom. The molecule has 1 aliphatic rings. The van der Waals surface area contributed by atoms with Crippen molar-refractivity contribution in [3.05, 3.63) is 82.9 Å². The fourth-order valence-corrected chi connectivity index (χ4v) is 4.32. The summed E-state index contributed by atoms with van der Waals surface area (Å²) in [5.41, 5.74) is 2.65. The topological polar surface area (TPSA) is 101 Å². The normalized spacial score (nSPS) is 14.1. The minimum absolute atomic E-state index is 0.0840. The molecular formula is C28H29N5O4. The summed E-state index contributed by atoms with van der Waals surface area (Å²) in [5, 5.41) is 5.36. The molecule has 0 saturated carbocycles. The Labute approximate surface area is 214 Å². The molecule has 37 heavy (non-hydrogen) atoms. The predicted molar refractivity (Wildman–Crippen MR) is 141 cm³/mol. The highest BCUT2D eigenvalue weighted by Gasteiger charge is 2.28. The zero-order valence-corrected chi connectivity index (χ0v) is 21.1. The lowest BCUT2D eigenvalue weighted by Gasteiger charge is -2.35. The number of ether oxygens (including phenoxy) is 1. The van der Waals surface area contributed by atoms with Crippen molar-refractivity contribution in [2.24, 2.45) is 0 Å². The van der Waals surface area contributed by atoms with Gasteiger partial charge in [0.1, 0.15) is 5.60 Å². The van der Waals surface area contributed by atoms with Gasteiger partial charge in [0, 0.05) is 49.0 Å². The molecule has 9 nitrogen and oxygen atoms in total. The summed E-state index contributed by atoms with van der Waals surface area (Å²) in [5.74, 6) is -0.0840. The van der Waals surface area contributed by atoms with Gasteiger partial charge in [0.2, 0.25) is 0 Å². The van der Waals surface area contributed by atoms with Crippen molar-refractivity contribution in [2.75, 3.05) is 26.2 Å². The second-order valence-corrected chi connectivity index (χ2v) is 10.1. The van der Waals surface area contributed by atoms with Gasteiger partial charge in [-0.05, 0) is 62.6 Å². The molecule has 5 rings (SSSR count). The first-order valence-electron chi connectivity index (χ1n) is 12.2. The van der Waals surface area contributed by atoms with Gasteiger partial charge >= 0.3 is 6.09 Å². The number of nitrogens with one attached hydrogen (secondary N) is 1. The molecule has 2 amide bonds. The molecule has 1 aliphatic heterocycles.